The average Bonchev–Trinajstić information content (AvgIpc) is 3.18. The number of amides is 2. The number of carbonyl (C=O) groups excluding carboxylic acids is 2. The first-order valence-electron chi connectivity index (χ1n) is 10.9. The zero-order valence-electron chi connectivity index (χ0n) is 18.1. The van der Waals surface area contributed by atoms with E-state index in [1.54, 1.807) is 16.9 Å². The second-order valence-corrected chi connectivity index (χ2v) is 8.45. The molecule has 6 heteroatoms. The van der Waals surface area contributed by atoms with Crippen LogP contribution in [0.5, 0.6) is 5.75 Å². The minimum Gasteiger partial charge on any atom is -0.496 e. The number of rotatable bonds is 4. The molecule has 3 atom stereocenters. The molecule has 1 fully saturated rings. The van der Waals surface area contributed by atoms with Crippen molar-refractivity contribution in [3.8, 4) is 5.75 Å². The van der Waals surface area contributed by atoms with Crippen molar-refractivity contribution in [2.75, 3.05) is 13.7 Å². The van der Waals surface area contributed by atoms with Crippen molar-refractivity contribution in [3.63, 3.8) is 0 Å². The minimum atomic E-state index is -0.517. The maximum absolute atomic E-state index is 13.6. The third-order valence-corrected chi connectivity index (χ3v) is 6.85. The molecule has 2 aromatic carbocycles. The van der Waals surface area contributed by atoms with Gasteiger partial charge in [-0.3, -0.25) is 9.59 Å². The van der Waals surface area contributed by atoms with Gasteiger partial charge in [0.1, 0.15) is 24.4 Å². The first-order valence-corrected chi connectivity index (χ1v) is 10.9. The van der Waals surface area contributed by atoms with Gasteiger partial charge in [-0.15, -0.1) is 0 Å². The molecule has 6 nitrogen and oxygen atoms in total. The van der Waals surface area contributed by atoms with Gasteiger partial charge in [-0.05, 0) is 31.0 Å². The van der Waals surface area contributed by atoms with E-state index in [0.29, 0.717) is 12.2 Å². The summed E-state index contributed by atoms with van der Waals surface area (Å²) in [6.07, 6.45) is 1.34. The molecule has 0 aliphatic carbocycles. The van der Waals surface area contributed by atoms with Crippen LogP contribution in [-0.4, -0.2) is 52.3 Å². The summed E-state index contributed by atoms with van der Waals surface area (Å²) in [5, 5.41) is 1.11. The molecule has 5 rings (SSSR count). The molecule has 160 valence electrons. The van der Waals surface area contributed by atoms with E-state index in [2.05, 4.69) is 11.1 Å². The first-order chi connectivity index (χ1) is 15.0. The van der Waals surface area contributed by atoms with Crippen molar-refractivity contribution in [2.24, 2.45) is 0 Å². The second kappa shape index (κ2) is 7.45. The third-order valence-electron chi connectivity index (χ3n) is 6.85. The summed E-state index contributed by atoms with van der Waals surface area (Å²) in [4.78, 5) is 34.2. The van der Waals surface area contributed by atoms with Gasteiger partial charge in [0.25, 0.3) is 0 Å². The van der Waals surface area contributed by atoms with Crippen LogP contribution in [-0.2, 0) is 16.0 Å². The lowest BCUT2D eigenvalue weighted by Crippen LogP contribution is -2.64. The standard InChI is InChI=1S/C25H27N3O3/c1-4-15(2)27-14-22(29)28-20(25(27)30)13-18-16-9-5-7-11-19(16)26-23(18)24(28)17-10-6-8-12-21(17)31-3/h5-12,15,20,24,26H,4,13-14H2,1-3H3/t15-,20+,24-/m1/s1. The maximum atomic E-state index is 13.6. The number of nitrogens with one attached hydrogen (secondary N) is 1. The number of para-hydroxylation sites is 2. The molecule has 3 heterocycles. The predicted molar refractivity (Wildman–Crippen MR) is 119 cm³/mol. The van der Waals surface area contributed by atoms with Crippen LogP contribution in [0.25, 0.3) is 10.9 Å². The topological polar surface area (TPSA) is 65.6 Å². The van der Waals surface area contributed by atoms with Gasteiger partial charge in [-0.25, -0.2) is 0 Å². The highest BCUT2D eigenvalue weighted by Crippen LogP contribution is 2.44. The van der Waals surface area contributed by atoms with Gasteiger partial charge in [-0.2, -0.15) is 0 Å². The molecule has 0 bridgehead atoms. The zero-order valence-corrected chi connectivity index (χ0v) is 18.1. The lowest BCUT2D eigenvalue weighted by molar-refractivity contribution is -0.160. The molecule has 0 unspecified atom stereocenters. The van der Waals surface area contributed by atoms with Crippen molar-refractivity contribution in [3.05, 3.63) is 65.4 Å². The Labute approximate surface area is 181 Å². The number of benzene rings is 2. The lowest BCUT2D eigenvalue weighted by atomic mass is 9.85. The number of aromatic nitrogens is 1. The summed E-state index contributed by atoms with van der Waals surface area (Å²) in [6.45, 7) is 4.18. The number of piperazine rings is 1. The molecular weight excluding hydrogens is 390 g/mol. The number of nitrogens with zero attached hydrogens (tertiary/aromatic N) is 2. The summed E-state index contributed by atoms with van der Waals surface area (Å²) < 4.78 is 5.66. The number of methoxy groups -OCH3 is 1. The van der Waals surface area contributed by atoms with Crippen LogP contribution in [0.1, 0.15) is 43.1 Å². The Kier molecular flexibility index (Phi) is 4.73. The molecule has 1 aromatic heterocycles. The number of hydrogen-bond donors (Lipinski definition) is 1. The van der Waals surface area contributed by atoms with Crippen LogP contribution >= 0.6 is 0 Å². The molecule has 2 amide bonds. The van der Waals surface area contributed by atoms with E-state index < -0.39 is 12.1 Å². The highest BCUT2D eigenvalue weighted by atomic mass is 16.5. The van der Waals surface area contributed by atoms with Gasteiger partial charge in [0.15, 0.2) is 0 Å². The number of ether oxygens (including phenoxy) is 1. The normalized spacial score (nSPS) is 21.8. The zero-order chi connectivity index (χ0) is 21.7. The van der Waals surface area contributed by atoms with Gasteiger partial charge in [0.05, 0.1) is 7.11 Å². The fourth-order valence-corrected chi connectivity index (χ4v) is 5.10. The Hall–Kier alpha value is -3.28. The van der Waals surface area contributed by atoms with Gasteiger partial charge >= 0.3 is 0 Å². The van der Waals surface area contributed by atoms with Crippen molar-refractivity contribution >= 4 is 22.7 Å². The Morgan fingerprint density at radius 2 is 1.87 bits per heavy atom. The van der Waals surface area contributed by atoms with Gasteiger partial charge in [-0.1, -0.05) is 43.3 Å². The Morgan fingerprint density at radius 1 is 1.13 bits per heavy atom. The fourth-order valence-electron chi connectivity index (χ4n) is 5.10. The number of carbonyl (C=O) groups is 2. The van der Waals surface area contributed by atoms with Gasteiger partial charge in [0.2, 0.25) is 11.8 Å². The summed E-state index contributed by atoms with van der Waals surface area (Å²) in [5.41, 5.74) is 3.99. The second-order valence-electron chi connectivity index (χ2n) is 8.45. The van der Waals surface area contributed by atoms with E-state index in [4.69, 9.17) is 4.74 Å². The number of H-pyrrole nitrogens is 1. The average molecular weight is 418 g/mol. The van der Waals surface area contributed by atoms with Crippen LogP contribution in [0.4, 0.5) is 0 Å². The fraction of sp³-hybridized carbons (Fsp3) is 0.360. The van der Waals surface area contributed by atoms with Crippen molar-refractivity contribution in [2.45, 2.75) is 44.8 Å². The maximum Gasteiger partial charge on any atom is 0.246 e. The summed E-state index contributed by atoms with van der Waals surface area (Å²) in [6, 6.07) is 15.0. The quantitative estimate of drug-likeness (QED) is 0.705. The smallest absolute Gasteiger partial charge is 0.246 e. The highest BCUT2D eigenvalue weighted by Gasteiger charge is 2.49. The van der Waals surface area contributed by atoms with Crippen LogP contribution in [0, 0.1) is 0 Å². The van der Waals surface area contributed by atoms with Crippen molar-refractivity contribution < 1.29 is 14.3 Å². The molecule has 2 aliphatic heterocycles. The number of fused-ring (bicyclic) bond motifs is 4. The molecule has 1 saturated heterocycles. The molecular formula is C25H27N3O3. The van der Waals surface area contributed by atoms with Crippen LogP contribution in [0.3, 0.4) is 0 Å². The van der Waals surface area contributed by atoms with Crippen LogP contribution in [0.2, 0.25) is 0 Å². The largest absolute Gasteiger partial charge is 0.496 e. The summed E-state index contributed by atoms with van der Waals surface area (Å²) >= 11 is 0. The summed E-state index contributed by atoms with van der Waals surface area (Å²) in [7, 11) is 1.64. The van der Waals surface area contributed by atoms with E-state index in [9.17, 15) is 9.59 Å². The first kappa shape index (κ1) is 19.7. The SMILES string of the molecule is CC[C@@H](C)N1CC(=O)N2[C@H](c3ccccc3OC)c3[nH]c4ccccc4c3C[C@H]2C1=O. The Morgan fingerprint density at radius 3 is 2.65 bits per heavy atom. The van der Waals surface area contributed by atoms with Gasteiger partial charge < -0.3 is 19.5 Å². The molecule has 1 N–H and O–H groups in total. The van der Waals surface area contributed by atoms with Crippen molar-refractivity contribution in [1.82, 2.24) is 14.8 Å². The number of aromatic amines is 1. The van der Waals surface area contributed by atoms with Crippen molar-refractivity contribution in [1.29, 1.82) is 0 Å². The van der Waals surface area contributed by atoms with E-state index in [1.807, 2.05) is 56.3 Å². The molecule has 0 radical (unpaired) electrons. The lowest BCUT2D eigenvalue weighted by Gasteiger charge is -2.48. The molecule has 31 heavy (non-hydrogen) atoms. The monoisotopic (exact) mass is 417 g/mol. The summed E-state index contributed by atoms with van der Waals surface area (Å²) in [5.74, 6) is 0.720. The van der Waals surface area contributed by atoms with E-state index in [0.717, 1.165) is 34.1 Å². The van der Waals surface area contributed by atoms with E-state index in [-0.39, 0.29) is 24.4 Å². The molecule has 0 spiro atoms. The Balaban J connectivity index is 1.73. The van der Waals surface area contributed by atoms with E-state index in [1.165, 1.54) is 0 Å². The molecule has 3 aromatic rings. The predicted octanol–water partition coefficient (Wildman–Crippen LogP) is 3.66. The van der Waals surface area contributed by atoms with Gasteiger partial charge in [0, 0.05) is 34.6 Å². The minimum absolute atomic E-state index is 0.0230. The molecule has 0 saturated carbocycles. The number of hydrogen-bond acceptors (Lipinski definition) is 3. The molecule has 2 aliphatic rings. The third kappa shape index (κ3) is 2.92. The van der Waals surface area contributed by atoms with Crippen LogP contribution in [0.15, 0.2) is 48.5 Å². The van der Waals surface area contributed by atoms with Crippen LogP contribution < -0.4 is 4.74 Å². The highest BCUT2D eigenvalue weighted by molar-refractivity contribution is 5.98. The van der Waals surface area contributed by atoms with E-state index >= 15 is 0 Å². The Bertz CT molecular complexity index is 1170.